The van der Waals surface area contributed by atoms with Crippen molar-refractivity contribution in [2.75, 3.05) is 31.6 Å². The van der Waals surface area contributed by atoms with Crippen molar-refractivity contribution in [1.29, 1.82) is 0 Å². The number of nitrogens with zero attached hydrogens (tertiary/aromatic N) is 5. The Labute approximate surface area is 321 Å². The van der Waals surface area contributed by atoms with E-state index < -0.39 is 21.7 Å². The maximum absolute atomic E-state index is 13.0. The highest BCUT2D eigenvalue weighted by molar-refractivity contribution is 9.10. The number of anilines is 1. The molecule has 12 heteroatoms. The van der Waals surface area contributed by atoms with Gasteiger partial charge in [-0.05, 0) is 80.5 Å². The topological polar surface area (TPSA) is 91.1 Å². The fourth-order valence-electron chi connectivity index (χ4n) is 6.31. The Morgan fingerprint density at radius 2 is 1.48 bits per heavy atom. The van der Waals surface area contributed by atoms with Crippen molar-refractivity contribution in [2.45, 2.75) is 109 Å². The molecule has 0 N–H and O–H groups in total. The number of aromatic nitrogens is 4. The molecule has 0 spiro atoms. The van der Waals surface area contributed by atoms with Crippen LogP contribution in [0.5, 0.6) is 0 Å². The minimum Gasteiger partial charge on any atom is -0.460 e. The summed E-state index contributed by atoms with van der Waals surface area (Å²) in [5.41, 5.74) is 5.06. The zero-order valence-corrected chi connectivity index (χ0v) is 36.3. The number of pyridine rings is 1. The Balaban J connectivity index is 1.53. The number of carbonyl (C=O) groups is 1. The lowest BCUT2D eigenvalue weighted by molar-refractivity contribution is -0.161. The van der Waals surface area contributed by atoms with Crippen LogP contribution in [-0.4, -0.2) is 74.0 Å². The maximum atomic E-state index is 13.0. The van der Waals surface area contributed by atoms with E-state index in [2.05, 4.69) is 84.4 Å². The van der Waals surface area contributed by atoms with Crippen molar-refractivity contribution >= 4 is 49.5 Å². The molecule has 1 aliphatic carbocycles. The molecule has 0 unspecified atom stereocenters. The van der Waals surface area contributed by atoms with Gasteiger partial charge >= 0.3 is 5.97 Å². The summed E-state index contributed by atoms with van der Waals surface area (Å²) < 4.78 is 21.3. The molecule has 1 saturated carbocycles. The van der Waals surface area contributed by atoms with E-state index in [-0.39, 0.29) is 17.8 Å². The predicted octanol–water partition coefficient (Wildman–Crippen LogP) is 10.3. The minimum atomic E-state index is -1.28. The second-order valence-corrected chi connectivity index (χ2v) is 29.6. The molecule has 0 saturated heterocycles. The second-order valence-electron chi connectivity index (χ2n) is 17.5. The first-order valence-electron chi connectivity index (χ1n) is 18.7. The average Bonchev–Trinajstić information content (AvgIpc) is 3.50. The van der Waals surface area contributed by atoms with Gasteiger partial charge in [0.15, 0.2) is 11.5 Å². The number of esters is 1. The fourth-order valence-corrected chi connectivity index (χ4v) is 8.65. The predicted molar refractivity (Wildman–Crippen MR) is 220 cm³/mol. The Hall–Kier alpha value is -2.91. The number of halogens is 1. The fraction of sp³-hybridized carbons (Fsp3) is 0.550. The molecule has 3 aromatic heterocycles. The van der Waals surface area contributed by atoms with Crippen LogP contribution in [0.25, 0.3) is 28.0 Å². The largest absolute Gasteiger partial charge is 0.460 e. The molecular weight excluding hydrogens is 751 g/mol. The zero-order chi connectivity index (χ0) is 37.7. The molecule has 0 amide bonds. The third-order valence-corrected chi connectivity index (χ3v) is 13.5. The lowest BCUT2D eigenvalue weighted by atomic mass is 9.80. The Morgan fingerprint density at radius 3 is 2.02 bits per heavy atom. The van der Waals surface area contributed by atoms with E-state index >= 15 is 0 Å². The third-order valence-electron chi connectivity index (χ3n) is 9.38. The molecular formula is C40H58BrN5O4Si2. The molecule has 282 valence electrons. The van der Waals surface area contributed by atoms with Crippen LogP contribution in [0.1, 0.15) is 58.1 Å². The first kappa shape index (κ1) is 40.3. The van der Waals surface area contributed by atoms with E-state index in [1.54, 1.807) is 0 Å². The molecule has 1 aromatic carbocycles. The first-order valence-corrected chi connectivity index (χ1v) is 26.9. The van der Waals surface area contributed by atoms with E-state index in [1.807, 2.05) is 55.9 Å². The molecule has 0 bridgehead atoms. The van der Waals surface area contributed by atoms with E-state index in [1.165, 1.54) is 0 Å². The SMILES string of the molecule is CC(C)(C)OC(=O)[C@H]1CC[C@H](c2nc3c(-c4ccc(-c5ccccc5)nc4)cnn3c(N(COCC[Si](C)(C)C)COCC[Si](C)(C)C)c2Br)CC1. The smallest absolute Gasteiger partial charge is 0.309 e. The summed E-state index contributed by atoms with van der Waals surface area (Å²) in [5, 5.41) is 4.94. The molecule has 4 aromatic rings. The van der Waals surface area contributed by atoms with E-state index in [0.29, 0.717) is 26.7 Å². The number of hydrogen-bond acceptors (Lipinski definition) is 8. The Kier molecular flexibility index (Phi) is 13.2. The van der Waals surface area contributed by atoms with E-state index in [9.17, 15) is 4.79 Å². The molecule has 5 rings (SSSR count). The maximum Gasteiger partial charge on any atom is 0.309 e. The van der Waals surface area contributed by atoms with Crippen molar-refractivity contribution < 1.29 is 19.0 Å². The Morgan fingerprint density at radius 1 is 0.865 bits per heavy atom. The lowest BCUT2D eigenvalue weighted by Crippen LogP contribution is -2.34. The molecule has 3 heterocycles. The highest BCUT2D eigenvalue weighted by Crippen LogP contribution is 2.43. The number of ether oxygens (including phenoxy) is 3. The van der Waals surface area contributed by atoms with Crippen LogP contribution in [0, 0.1) is 5.92 Å². The van der Waals surface area contributed by atoms with Gasteiger partial charge in [0.25, 0.3) is 0 Å². The monoisotopic (exact) mass is 807 g/mol. The summed E-state index contributed by atoms with van der Waals surface area (Å²) in [4.78, 5) is 25.3. The van der Waals surface area contributed by atoms with Crippen molar-refractivity contribution in [2.24, 2.45) is 5.92 Å². The summed E-state index contributed by atoms with van der Waals surface area (Å²) >= 11 is 4.04. The zero-order valence-electron chi connectivity index (χ0n) is 32.7. The van der Waals surface area contributed by atoms with Crippen LogP contribution in [0.4, 0.5) is 5.82 Å². The number of hydrogen-bond donors (Lipinski definition) is 0. The van der Waals surface area contributed by atoms with Crippen LogP contribution in [0.3, 0.4) is 0 Å². The van der Waals surface area contributed by atoms with Gasteiger partial charge in [-0.25, -0.2) is 4.98 Å². The number of fused-ring (bicyclic) bond motifs is 1. The molecule has 52 heavy (non-hydrogen) atoms. The summed E-state index contributed by atoms with van der Waals surface area (Å²) in [6.07, 6.45) is 6.98. The van der Waals surface area contributed by atoms with Gasteiger partial charge in [0.1, 0.15) is 19.1 Å². The lowest BCUT2D eigenvalue weighted by Gasteiger charge is -2.32. The van der Waals surface area contributed by atoms with Gasteiger partial charge < -0.3 is 19.1 Å². The van der Waals surface area contributed by atoms with Gasteiger partial charge in [-0.1, -0.05) is 75.7 Å². The van der Waals surface area contributed by atoms with Gasteiger partial charge in [0, 0.05) is 58.2 Å². The van der Waals surface area contributed by atoms with E-state index in [4.69, 9.17) is 29.3 Å². The third kappa shape index (κ3) is 11.1. The quantitative estimate of drug-likeness (QED) is 0.0508. The summed E-state index contributed by atoms with van der Waals surface area (Å²) in [7, 11) is -2.56. The number of rotatable bonds is 15. The van der Waals surface area contributed by atoms with Crippen LogP contribution in [-0.2, 0) is 19.0 Å². The molecule has 1 aliphatic rings. The second kappa shape index (κ2) is 17.1. The number of carbonyl (C=O) groups excluding carboxylic acids is 1. The summed E-state index contributed by atoms with van der Waals surface area (Å²) in [6, 6.07) is 16.5. The van der Waals surface area contributed by atoms with Gasteiger partial charge in [-0.3, -0.25) is 9.78 Å². The van der Waals surface area contributed by atoms with Gasteiger partial charge in [-0.2, -0.15) is 9.61 Å². The van der Waals surface area contributed by atoms with Crippen molar-refractivity contribution in [1.82, 2.24) is 19.6 Å². The highest BCUT2D eigenvalue weighted by atomic mass is 79.9. The molecule has 0 aliphatic heterocycles. The van der Waals surface area contributed by atoms with Crippen LogP contribution in [0.15, 0.2) is 59.3 Å². The standard InChI is InChI=1S/C40H58BrN5O4Si2/c1-40(2,3)50-39(47)31-17-15-30(16-18-31)36-35(41)38(45(27-48-21-23-51(4,5)6)28-49-22-24-52(7,8)9)46-37(44-36)33(26-43-46)32-19-20-34(42-25-32)29-13-11-10-12-14-29/h10-14,19-20,25-26,30-31H,15-18,21-24,27-28H2,1-9H3/t30-,31-. The average molecular weight is 809 g/mol. The molecule has 0 atom stereocenters. The van der Waals surface area contributed by atoms with Crippen LogP contribution in [0.2, 0.25) is 51.4 Å². The number of benzene rings is 1. The van der Waals surface area contributed by atoms with Crippen molar-refractivity contribution in [3.05, 3.63) is 65.0 Å². The summed E-state index contributed by atoms with van der Waals surface area (Å²) in [5.74, 6) is 0.806. The molecule has 9 nitrogen and oxygen atoms in total. The van der Waals surface area contributed by atoms with Crippen LogP contribution >= 0.6 is 15.9 Å². The minimum absolute atomic E-state index is 0.101. The van der Waals surface area contributed by atoms with Crippen molar-refractivity contribution in [3.63, 3.8) is 0 Å². The summed E-state index contributed by atoms with van der Waals surface area (Å²) in [6.45, 7) is 22.1. The highest BCUT2D eigenvalue weighted by Gasteiger charge is 2.34. The normalized spacial score (nSPS) is 17.0. The first-order chi connectivity index (χ1) is 24.5. The van der Waals surface area contributed by atoms with Gasteiger partial charge in [-0.15, -0.1) is 0 Å². The molecule has 1 fully saturated rings. The van der Waals surface area contributed by atoms with E-state index in [0.717, 1.165) is 81.8 Å². The molecule has 0 radical (unpaired) electrons. The van der Waals surface area contributed by atoms with Gasteiger partial charge in [0.2, 0.25) is 0 Å². The van der Waals surface area contributed by atoms with Gasteiger partial charge in [0.05, 0.1) is 28.0 Å². The van der Waals surface area contributed by atoms with Crippen LogP contribution < -0.4 is 4.90 Å². The van der Waals surface area contributed by atoms with Crippen molar-refractivity contribution in [3.8, 4) is 22.4 Å². The Bertz CT molecular complexity index is 1750.